The summed E-state index contributed by atoms with van der Waals surface area (Å²) in [6, 6.07) is 0. The van der Waals surface area contributed by atoms with Gasteiger partial charge in [0.2, 0.25) is 0 Å². The van der Waals surface area contributed by atoms with Gasteiger partial charge in [0.05, 0.1) is 5.69 Å². The van der Waals surface area contributed by atoms with Crippen LogP contribution in [0.5, 0.6) is 0 Å². The molecule has 0 spiro atoms. The number of hydrogen-bond donors (Lipinski definition) is 1. The summed E-state index contributed by atoms with van der Waals surface area (Å²) in [7, 11) is 4.02. The Balaban J connectivity index is 2.96. The monoisotopic (exact) mass is 199 g/mol. The van der Waals surface area contributed by atoms with Gasteiger partial charge in [-0.2, -0.15) is 0 Å². The van der Waals surface area contributed by atoms with Crippen LogP contribution in [0.15, 0.2) is 0 Å². The number of nitrogens with zero attached hydrogens (tertiary/aromatic N) is 2. The smallest absolute Gasteiger partial charge is 0.185 e. The first kappa shape index (κ1) is 10.5. The predicted molar refractivity (Wildman–Crippen MR) is 58.6 cm³/mol. The van der Waals surface area contributed by atoms with Crippen molar-refractivity contribution in [2.75, 3.05) is 25.5 Å². The number of hydrogen-bond acceptors (Lipinski definition) is 4. The van der Waals surface area contributed by atoms with Crippen molar-refractivity contribution in [3.05, 3.63) is 10.6 Å². The standard InChI is InChI=1S/C9H17N3S/c1-6(5-10)8-7(2)11-9(13-8)12(3)4/h6H,5,10H2,1-4H3. The van der Waals surface area contributed by atoms with Gasteiger partial charge in [-0.1, -0.05) is 6.92 Å². The zero-order valence-electron chi connectivity index (χ0n) is 8.66. The minimum absolute atomic E-state index is 0.422. The van der Waals surface area contributed by atoms with Crippen LogP contribution >= 0.6 is 11.3 Å². The average Bonchev–Trinajstić information content (AvgIpc) is 2.46. The zero-order chi connectivity index (χ0) is 10.0. The zero-order valence-corrected chi connectivity index (χ0v) is 9.48. The molecule has 0 aliphatic heterocycles. The molecule has 0 amide bonds. The van der Waals surface area contributed by atoms with E-state index in [0.29, 0.717) is 12.5 Å². The molecular weight excluding hydrogens is 182 g/mol. The summed E-state index contributed by atoms with van der Waals surface area (Å²) in [6.07, 6.45) is 0. The van der Waals surface area contributed by atoms with Crippen molar-refractivity contribution in [2.24, 2.45) is 5.73 Å². The highest BCUT2D eigenvalue weighted by Gasteiger charge is 2.13. The van der Waals surface area contributed by atoms with Crippen LogP contribution in [-0.2, 0) is 0 Å². The fourth-order valence-electron chi connectivity index (χ4n) is 1.15. The van der Waals surface area contributed by atoms with E-state index in [9.17, 15) is 0 Å². The molecule has 2 N–H and O–H groups in total. The molecule has 1 aromatic rings. The van der Waals surface area contributed by atoms with Crippen LogP contribution in [-0.4, -0.2) is 25.6 Å². The molecule has 1 aromatic heterocycles. The van der Waals surface area contributed by atoms with E-state index in [1.54, 1.807) is 11.3 Å². The second kappa shape index (κ2) is 4.07. The van der Waals surface area contributed by atoms with Crippen LogP contribution < -0.4 is 10.6 Å². The van der Waals surface area contributed by atoms with Crippen molar-refractivity contribution in [3.63, 3.8) is 0 Å². The summed E-state index contributed by atoms with van der Waals surface area (Å²) in [4.78, 5) is 7.81. The number of nitrogens with two attached hydrogens (primary N) is 1. The van der Waals surface area contributed by atoms with E-state index in [1.165, 1.54) is 4.88 Å². The Morgan fingerprint density at radius 1 is 1.54 bits per heavy atom. The van der Waals surface area contributed by atoms with Crippen molar-refractivity contribution in [2.45, 2.75) is 19.8 Å². The maximum atomic E-state index is 5.62. The minimum Gasteiger partial charge on any atom is -0.354 e. The molecule has 4 heteroatoms. The Hall–Kier alpha value is -0.610. The molecule has 3 nitrogen and oxygen atoms in total. The topological polar surface area (TPSA) is 42.2 Å². The average molecular weight is 199 g/mol. The van der Waals surface area contributed by atoms with Gasteiger partial charge in [-0.25, -0.2) is 4.98 Å². The van der Waals surface area contributed by atoms with Crippen molar-refractivity contribution >= 4 is 16.5 Å². The summed E-state index contributed by atoms with van der Waals surface area (Å²) in [6.45, 7) is 4.88. The maximum Gasteiger partial charge on any atom is 0.185 e. The highest BCUT2D eigenvalue weighted by Crippen LogP contribution is 2.30. The van der Waals surface area contributed by atoms with Gasteiger partial charge in [-0.15, -0.1) is 11.3 Å². The second-order valence-corrected chi connectivity index (χ2v) is 4.49. The fourth-order valence-corrected chi connectivity index (χ4v) is 2.20. The second-order valence-electron chi connectivity index (χ2n) is 3.48. The number of aryl methyl sites for hydroxylation is 1. The molecule has 0 fully saturated rings. The first-order chi connectivity index (χ1) is 6.06. The summed E-state index contributed by atoms with van der Waals surface area (Å²) in [5.41, 5.74) is 6.74. The Morgan fingerprint density at radius 2 is 2.15 bits per heavy atom. The van der Waals surface area contributed by atoms with Crippen molar-refractivity contribution in [1.82, 2.24) is 4.98 Å². The summed E-state index contributed by atoms with van der Waals surface area (Å²) >= 11 is 1.74. The quantitative estimate of drug-likeness (QED) is 0.803. The van der Waals surface area contributed by atoms with E-state index in [-0.39, 0.29) is 0 Å². The summed E-state index contributed by atoms with van der Waals surface area (Å²) in [5.74, 6) is 0.422. The molecule has 74 valence electrons. The Bertz CT molecular complexity index is 280. The summed E-state index contributed by atoms with van der Waals surface area (Å²) in [5, 5.41) is 1.06. The third-order valence-electron chi connectivity index (χ3n) is 2.00. The van der Waals surface area contributed by atoms with Gasteiger partial charge in [0.25, 0.3) is 0 Å². The predicted octanol–water partition coefficient (Wildman–Crippen LogP) is 1.58. The molecule has 13 heavy (non-hydrogen) atoms. The van der Waals surface area contributed by atoms with Gasteiger partial charge in [-0.05, 0) is 13.5 Å². The van der Waals surface area contributed by atoms with Crippen LogP contribution in [0.3, 0.4) is 0 Å². The Kier molecular flexibility index (Phi) is 3.27. The lowest BCUT2D eigenvalue weighted by Gasteiger charge is -2.06. The molecule has 0 saturated heterocycles. The van der Waals surface area contributed by atoms with Gasteiger partial charge in [0, 0.05) is 24.9 Å². The SMILES string of the molecule is Cc1nc(N(C)C)sc1C(C)CN. The van der Waals surface area contributed by atoms with Gasteiger partial charge < -0.3 is 10.6 Å². The van der Waals surface area contributed by atoms with Gasteiger partial charge >= 0.3 is 0 Å². The highest BCUT2D eigenvalue weighted by atomic mass is 32.1. The number of rotatable bonds is 3. The van der Waals surface area contributed by atoms with Crippen LogP contribution in [0.2, 0.25) is 0 Å². The molecule has 0 aliphatic rings. The first-order valence-corrected chi connectivity index (χ1v) is 5.22. The lowest BCUT2D eigenvalue weighted by atomic mass is 10.1. The van der Waals surface area contributed by atoms with Crippen LogP contribution in [0.1, 0.15) is 23.4 Å². The Morgan fingerprint density at radius 3 is 2.54 bits per heavy atom. The summed E-state index contributed by atoms with van der Waals surface area (Å²) < 4.78 is 0. The van der Waals surface area contributed by atoms with Crippen molar-refractivity contribution in [1.29, 1.82) is 0 Å². The molecule has 0 bridgehead atoms. The third kappa shape index (κ3) is 2.19. The van der Waals surface area contributed by atoms with Gasteiger partial charge in [-0.3, -0.25) is 0 Å². The van der Waals surface area contributed by atoms with Crippen molar-refractivity contribution in [3.8, 4) is 0 Å². The third-order valence-corrected chi connectivity index (χ3v) is 3.56. The molecular formula is C9H17N3S. The number of aromatic nitrogens is 1. The lowest BCUT2D eigenvalue weighted by Crippen LogP contribution is -2.08. The minimum atomic E-state index is 0.422. The lowest BCUT2D eigenvalue weighted by molar-refractivity contribution is 0.780. The first-order valence-electron chi connectivity index (χ1n) is 4.41. The van der Waals surface area contributed by atoms with Crippen LogP contribution in [0.4, 0.5) is 5.13 Å². The van der Waals surface area contributed by atoms with Crippen LogP contribution in [0.25, 0.3) is 0 Å². The van der Waals surface area contributed by atoms with Crippen molar-refractivity contribution < 1.29 is 0 Å². The van der Waals surface area contributed by atoms with E-state index >= 15 is 0 Å². The molecule has 1 atom stereocenters. The van der Waals surface area contributed by atoms with E-state index < -0.39 is 0 Å². The van der Waals surface area contributed by atoms with Crippen LogP contribution in [0, 0.1) is 6.92 Å². The molecule has 0 aliphatic carbocycles. The number of thiazole rings is 1. The van der Waals surface area contributed by atoms with E-state index in [2.05, 4.69) is 11.9 Å². The molecule has 1 unspecified atom stereocenters. The van der Waals surface area contributed by atoms with Gasteiger partial charge in [0.15, 0.2) is 5.13 Å². The molecule has 0 radical (unpaired) electrons. The molecule has 0 aromatic carbocycles. The fraction of sp³-hybridized carbons (Fsp3) is 0.667. The van der Waals surface area contributed by atoms with E-state index in [4.69, 9.17) is 5.73 Å². The molecule has 0 saturated carbocycles. The largest absolute Gasteiger partial charge is 0.354 e. The maximum absolute atomic E-state index is 5.62. The van der Waals surface area contributed by atoms with E-state index in [0.717, 1.165) is 10.8 Å². The normalized spacial score (nSPS) is 13.0. The van der Waals surface area contributed by atoms with E-state index in [1.807, 2.05) is 25.9 Å². The molecule has 1 rings (SSSR count). The highest BCUT2D eigenvalue weighted by molar-refractivity contribution is 7.15. The Labute approximate surface area is 83.6 Å². The number of anilines is 1. The van der Waals surface area contributed by atoms with Gasteiger partial charge in [0.1, 0.15) is 0 Å². The molecule has 1 heterocycles.